The Morgan fingerprint density at radius 1 is 1.23 bits per heavy atom. The molecule has 8 heteroatoms. The number of hydrogen-bond donors (Lipinski definition) is 2. The van der Waals surface area contributed by atoms with Crippen molar-refractivity contribution in [2.45, 2.75) is 19.4 Å². The highest BCUT2D eigenvalue weighted by molar-refractivity contribution is 9.11. The molecule has 2 aromatic carbocycles. The highest BCUT2D eigenvalue weighted by Crippen LogP contribution is 2.38. The van der Waals surface area contributed by atoms with Crippen LogP contribution in [0.5, 0.6) is 11.5 Å². The van der Waals surface area contributed by atoms with Crippen molar-refractivity contribution in [3.63, 3.8) is 0 Å². The number of carbonyl (C=O) groups is 1. The number of fused-ring (bicyclic) bond motifs is 1. The van der Waals surface area contributed by atoms with Crippen LogP contribution < -0.4 is 10.5 Å². The molecule has 3 N–H and O–H groups in total. The third kappa shape index (κ3) is 4.25. The maximum Gasteiger partial charge on any atom is 0.305 e. The maximum atomic E-state index is 11.3. The number of imidazole rings is 1. The summed E-state index contributed by atoms with van der Waals surface area (Å²) in [5.41, 5.74) is 8.32. The fourth-order valence-electron chi connectivity index (χ4n) is 2.52. The first-order valence-electron chi connectivity index (χ1n) is 7.91. The molecule has 3 aromatic rings. The predicted molar refractivity (Wildman–Crippen MR) is 106 cm³/mol. The molecular formula is C18H17Br2N3O3. The first-order valence-corrected chi connectivity index (χ1v) is 9.50. The number of methoxy groups -OCH3 is 1. The number of carbonyl (C=O) groups excluding carboxylic acids is 1. The van der Waals surface area contributed by atoms with Crippen molar-refractivity contribution < 1.29 is 14.3 Å². The van der Waals surface area contributed by atoms with E-state index in [1.807, 2.05) is 30.3 Å². The smallest absolute Gasteiger partial charge is 0.305 e. The van der Waals surface area contributed by atoms with E-state index in [1.165, 1.54) is 7.11 Å². The van der Waals surface area contributed by atoms with Crippen LogP contribution in [0.15, 0.2) is 39.3 Å². The summed E-state index contributed by atoms with van der Waals surface area (Å²) < 4.78 is 12.3. The highest BCUT2D eigenvalue weighted by Gasteiger charge is 2.12. The lowest BCUT2D eigenvalue weighted by molar-refractivity contribution is -0.140. The van der Waals surface area contributed by atoms with Gasteiger partial charge in [0, 0.05) is 12.5 Å². The molecule has 0 saturated heterocycles. The number of aryl methyl sites for hydroxylation is 1. The van der Waals surface area contributed by atoms with Crippen LogP contribution in [-0.4, -0.2) is 23.0 Å². The fraction of sp³-hybridized carbons (Fsp3) is 0.222. The van der Waals surface area contributed by atoms with Crippen LogP contribution in [-0.2, 0) is 22.5 Å². The molecule has 0 spiro atoms. The Labute approximate surface area is 167 Å². The second-order valence-corrected chi connectivity index (χ2v) is 7.34. The van der Waals surface area contributed by atoms with Crippen LogP contribution in [0, 0.1) is 0 Å². The summed E-state index contributed by atoms with van der Waals surface area (Å²) in [4.78, 5) is 18.8. The van der Waals surface area contributed by atoms with Gasteiger partial charge in [-0.2, -0.15) is 0 Å². The molecule has 26 heavy (non-hydrogen) atoms. The van der Waals surface area contributed by atoms with Gasteiger partial charge in [-0.05, 0) is 68.1 Å². The molecule has 0 atom stereocenters. The second-order valence-electron chi connectivity index (χ2n) is 5.63. The summed E-state index contributed by atoms with van der Waals surface area (Å²) in [5.74, 6) is 1.83. The quantitative estimate of drug-likeness (QED) is 0.506. The van der Waals surface area contributed by atoms with Crippen LogP contribution in [0.2, 0.25) is 0 Å². The lowest BCUT2D eigenvalue weighted by Crippen LogP contribution is -2.02. The summed E-state index contributed by atoms with van der Waals surface area (Å²) in [6.07, 6.45) is 0.918. The van der Waals surface area contributed by atoms with Crippen molar-refractivity contribution in [1.82, 2.24) is 9.97 Å². The molecule has 136 valence electrons. The molecule has 0 aliphatic heterocycles. The molecule has 0 aliphatic rings. The van der Waals surface area contributed by atoms with E-state index in [9.17, 15) is 4.79 Å². The van der Waals surface area contributed by atoms with Crippen molar-refractivity contribution in [2.24, 2.45) is 5.73 Å². The lowest BCUT2D eigenvalue weighted by atomic mass is 10.1. The normalized spacial score (nSPS) is 10.9. The highest BCUT2D eigenvalue weighted by atomic mass is 79.9. The van der Waals surface area contributed by atoms with Crippen LogP contribution in [0.25, 0.3) is 11.0 Å². The minimum Gasteiger partial charge on any atom is -0.469 e. The van der Waals surface area contributed by atoms with Gasteiger partial charge in [-0.1, -0.05) is 0 Å². The van der Waals surface area contributed by atoms with Crippen molar-refractivity contribution >= 4 is 48.9 Å². The Morgan fingerprint density at radius 2 is 1.96 bits per heavy atom. The molecule has 0 fully saturated rings. The maximum absolute atomic E-state index is 11.3. The topological polar surface area (TPSA) is 90.2 Å². The number of nitrogens with two attached hydrogens (primary N) is 1. The fourth-order valence-corrected chi connectivity index (χ4v) is 3.97. The number of esters is 1. The van der Waals surface area contributed by atoms with Crippen molar-refractivity contribution in [3.05, 3.63) is 50.7 Å². The van der Waals surface area contributed by atoms with E-state index in [0.717, 1.165) is 31.4 Å². The molecule has 0 bridgehead atoms. The average molecular weight is 483 g/mol. The van der Waals surface area contributed by atoms with Crippen LogP contribution >= 0.6 is 31.9 Å². The Kier molecular flexibility index (Phi) is 5.95. The summed E-state index contributed by atoms with van der Waals surface area (Å²) in [6.45, 7) is 0.356. The number of hydrogen-bond acceptors (Lipinski definition) is 5. The zero-order valence-electron chi connectivity index (χ0n) is 14.0. The summed E-state index contributed by atoms with van der Waals surface area (Å²) in [6, 6.07) is 9.49. The average Bonchev–Trinajstić information content (AvgIpc) is 3.05. The van der Waals surface area contributed by atoms with Gasteiger partial charge in [0.2, 0.25) is 0 Å². The van der Waals surface area contributed by atoms with Crippen LogP contribution in [0.1, 0.15) is 17.8 Å². The number of aromatic nitrogens is 2. The molecule has 0 amide bonds. The molecule has 0 aliphatic carbocycles. The minimum atomic E-state index is -0.234. The predicted octanol–water partition coefficient (Wildman–Crippen LogP) is 4.44. The van der Waals surface area contributed by atoms with Gasteiger partial charge in [0.25, 0.3) is 0 Å². The number of ether oxygens (including phenoxy) is 2. The number of nitrogens with zero attached hydrogens (tertiary/aromatic N) is 1. The number of halogens is 2. The number of aromatic amines is 1. The van der Waals surface area contributed by atoms with Gasteiger partial charge >= 0.3 is 5.97 Å². The molecule has 6 nitrogen and oxygen atoms in total. The molecule has 0 saturated carbocycles. The van der Waals surface area contributed by atoms with E-state index in [-0.39, 0.29) is 5.97 Å². The molecule has 0 radical (unpaired) electrons. The van der Waals surface area contributed by atoms with Gasteiger partial charge in [0.15, 0.2) is 5.75 Å². The number of H-pyrrole nitrogens is 1. The Hall–Kier alpha value is -1.90. The Bertz CT molecular complexity index is 933. The second kappa shape index (κ2) is 8.20. The monoisotopic (exact) mass is 481 g/mol. The third-order valence-electron chi connectivity index (χ3n) is 3.82. The molecule has 3 rings (SSSR count). The Balaban J connectivity index is 1.82. The van der Waals surface area contributed by atoms with E-state index in [4.69, 9.17) is 10.5 Å². The van der Waals surface area contributed by atoms with Gasteiger partial charge in [-0.15, -0.1) is 0 Å². The van der Waals surface area contributed by atoms with Gasteiger partial charge in [0.1, 0.15) is 11.6 Å². The number of nitrogens with one attached hydrogen (secondary N) is 1. The Morgan fingerprint density at radius 3 is 2.62 bits per heavy atom. The molecule has 0 unspecified atom stereocenters. The lowest BCUT2D eigenvalue weighted by Gasteiger charge is -2.12. The minimum absolute atomic E-state index is 0.234. The van der Waals surface area contributed by atoms with E-state index in [0.29, 0.717) is 30.9 Å². The van der Waals surface area contributed by atoms with Gasteiger partial charge in [-0.25, -0.2) is 4.98 Å². The number of benzene rings is 2. The van der Waals surface area contributed by atoms with E-state index < -0.39 is 0 Å². The van der Waals surface area contributed by atoms with Gasteiger partial charge in [0.05, 0.1) is 33.6 Å². The van der Waals surface area contributed by atoms with Gasteiger partial charge in [-0.3, -0.25) is 4.79 Å². The number of rotatable bonds is 6. The molecular weight excluding hydrogens is 466 g/mol. The zero-order valence-corrected chi connectivity index (χ0v) is 17.2. The van der Waals surface area contributed by atoms with Gasteiger partial charge < -0.3 is 20.2 Å². The van der Waals surface area contributed by atoms with Crippen molar-refractivity contribution in [3.8, 4) is 11.5 Å². The third-order valence-corrected chi connectivity index (χ3v) is 5.00. The first kappa shape index (κ1) is 18.9. The zero-order chi connectivity index (χ0) is 18.7. The SMILES string of the molecule is COC(=O)CCc1cc(Br)c(Oc2ccc3nc(CN)[nH]c3c2)c(Br)c1. The van der Waals surface area contributed by atoms with Crippen molar-refractivity contribution in [2.75, 3.05) is 7.11 Å². The van der Waals surface area contributed by atoms with E-state index in [1.54, 1.807) is 0 Å². The van der Waals surface area contributed by atoms with Crippen LogP contribution in [0.4, 0.5) is 0 Å². The largest absolute Gasteiger partial charge is 0.469 e. The van der Waals surface area contributed by atoms with Crippen molar-refractivity contribution in [1.29, 1.82) is 0 Å². The summed E-state index contributed by atoms with van der Waals surface area (Å²) >= 11 is 7.07. The van der Waals surface area contributed by atoms with E-state index >= 15 is 0 Å². The standard InChI is InChI=1S/C18H17Br2N3O3/c1-25-17(24)5-2-10-6-12(19)18(13(20)7-10)26-11-3-4-14-15(8-11)23-16(9-21)22-14/h3-4,6-8H,2,5,9,21H2,1H3,(H,22,23). The molecule has 1 aromatic heterocycles. The molecule has 1 heterocycles. The first-order chi connectivity index (χ1) is 12.5. The summed E-state index contributed by atoms with van der Waals surface area (Å²) in [7, 11) is 1.39. The van der Waals surface area contributed by atoms with Crippen LogP contribution in [0.3, 0.4) is 0 Å². The summed E-state index contributed by atoms with van der Waals surface area (Å²) in [5, 5.41) is 0. The van der Waals surface area contributed by atoms with E-state index in [2.05, 4.69) is 46.6 Å².